The molecule has 0 bridgehead atoms. The predicted molar refractivity (Wildman–Crippen MR) is 216 cm³/mol. The first-order valence-corrected chi connectivity index (χ1v) is 20.4. The second kappa shape index (κ2) is 16.7. The van der Waals surface area contributed by atoms with E-state index in [4.69, 9.17) is 4.74 Å². The maximum absolute atomic E-state index is 14.2. The lowest BCUT2D eigenvalue weighted by atomic mass is 9.81. The van der Waals surface area contributed by atoms with E-state index in [2.05, 4.69) is 20.6 Å². The Morgan fingerprint density at radius 2 is 1.59 bits per heavy atom. The van der Waals surface area contributed by atoms with Crippen molar-refractivity contribution in [1.82, 2.24) is 35.0 Å². The highest BCUT2D eigenvalue weighted by molar-refractivity contribution is 5.90. The first-order chi connectivity index (χ1) is 27.3. The third-order valence-electron chi connectivity index (χ3n) is 12.3. The number of imidazole rings is 1. The lowest BCUT2D eigenvalue weighted by Gasteiger charge is -2.35. The number of ether oxygens (including phenoxy) is 1. The Morgan fingerprint density at radius 3 is 2.38 bits per heavy atom. The molecule has 3 aromatic carbocycles. The third-order valence-corrected chi connectivity index (χ3v) is 12.3. The van der Waals surface area contributed by atoms with Gasteiger partial charge in [-0.2, -0.15) is 0 Å². The number of carbonyl (C=O) groups excluding carboxylic acids is 3. The Kier molecular flexibility index (Phi) is 11.1. The number of hydrogen-bond donors (Lipinski definition) is 4. The molecule has 3 heterocycles. The van der Waals surface area contributed by atoms with E-state index in [1.54, 1.807) is 4.90 Å². The van der Waals surface area contributed by atoms with Gasteiger partial charge in [0.1, 0.15) is 12.6 Å². The summed E-state index contributed by atoms with van der Waals surface area (Å²) < 4.78 is 7.55. The first-order valence-electron chi connectivity index (χ1n) is 20.4. The summed E-state index contributed by atoms with van der Waals surface area (Å²) in [6, 6.07) is 24.6. The van der Waals surface area contributed by atoms with Gasteiger partial charge in [-0.15, -0.1) is 0 Å². The fourth-order valence-corrected chi connectivity index (χ4v) is 9.00. The number of piperidine rings is 1. The van der Waals surface area contributed by atoms with Gasteiger partial charge in [0, 0.05) is 61.3 Å². The highest BCUT2D eigenvalue weighted by Gasteiger charge is 2.37. The fourth-order valence-electron chi connectivity index (χ4n) is 9.00. The van der Waals surface area contributed by atoms with Crippen molar-refractivity contribution in [3.05, 3.63) is 107 Å². The molecule has 2 saturated carbocycles. The maximum Gasteiger partial charge on any atom is 0.410 e. The zero-order valence-corrected chi connectivity index (χ0v) is 32.1. The van der Waals surface area contributed by atoms with Crippen molar-refractivity contribution in [3.63, 3.8) is 0 Å². The summed E-state index contributed by atoms with van der Waals surface area (Å²) in [7, 11) is 0. The molecule has 12 nitrogen and oxygen atoms in total. The number of aromatic amines is 2. The summed E-state index contributed by atoms with van der Waals surface area (Å²) in [6.07, 6.45) is 8.98. The molecule has 4 N–H and O–H groups in total. The largest absolute Gasteiger partial charge is 0.445 e. The van der Waals surface area contributed by atoms with Crippen molar-refractivity contribution >= 4 is 40.0 Å². The van der Waals surface area contributed by atoms with E-state index in [1.807, 2.05) is 101 Å². The number of H-pyrrole nitrogens is 2. The van der Waals surface area contributed by atoms with Crippen molar-refractivity contribution in [2.75, 3.05) is 26.2 Å². The standard InChI is InChI=1S/C44H53N7O5/c1-29(36-26-45-37-15-6-5-14-35(36)37)40(48-42(53)49-22-20-34(21-23-49)51-39-17-8-7-16-38(39)47-43(51)54)41(52)46-25-31-12-9-13-32(24-31)27-50(33-18-19-33)44(55)56-28-30-10-3-2-4-11-30/h2-8,10-11,14-17,26,29,31-34,40,45H,9,12-13,18-25,27-28H2,1H3,(H,46,52)(H,47,54)(H,48,53)/t29-,31+,32-,40+/m0/s1. The van der Waals surface area contributed by atoms with Crippen LogP contribution in [0.5, 0.6) is 0 Å². The van der Waals surface area contributed by atoms with Crippen LogP contribution in [0.4, 0.5) is 9.59 Å². The Labute approximate surface area is 327 Å². The summed E-state index contributed by atoms with van der Waals surface area (Å²) in [4.78, 5) is 64.2. The number of hydrogen-bond acceptors (Lipinski definition) is 5. The van der Waals surface area contributed by atoms with Gasteiger partial charge in [-0.3, -0.25) is 9.36 Å². The molecule has 5 aromatic rings. The highest BCUT2D eigenvalue weighted by atomic mass is 16.6. The average molecular weight is 760 g/mol. The van der Waals surface area contributed by atoms with Gasteiger partial charge in [0.2, 0.25) is 5.91 Å². The minimum absolute atomic E-state index is 0.0254. The van der Waals surface area contributed by atoms with E-state index in [9.17, 15) is 19.2 Å². The van der Waals surface area contributed by atoms with Crippen LogP contribution in [-0.4, -0.2) is 80.6 Å². The van der Waals surface area contributed by atoms with Crippen LogP contribution < -0.4 is 16.3 Å². The van der Waals surface area contributed by atoms with Crippen LogP contribution in [0.25, 0.3) is 21.9 Å². The quantitative estimate of drug-likeness (QED) is 0.108. The van der Waals surface area contributed by atoms with Crippen molar-refractivity contribution in [2.45, 2.75) is 88.9 Å². The van der Waals surface area contributed by atoms with Crippen molar-refractivity contribution in [2.24, 2.45) is 11.8 Å². The molecule has 1 aliphatic heterocycles. The lowest BCUT2D eigenvalue weighted by Crippen LogP contribution is -2.55. The van der Waals surface area contributed by atoms with Crippen molar-refractivity contribution in [1.29, 1.82) is 0 Å². The normalized spacial score (nSPS) is 20.1. The second-order valence-corrected chi connectivity index (χ2v) is 16.1. The molecular formula is C44H53N7O5. The number of urea groups is 1. The number of rotatable bonds is 12. The van der Waals surface area contributed by atoms with Gasteiger partial charge in [-0.25, -0.2) is 14.4 Å². The monoisotopic (exact) mass is 759 g/mol. The van der Waals surface area contributed by atoms with Gasteiger partial charge in [-0.1, -0.05) is 74.0 Å². The van der Waals surface area contributed by atoms with E-state index >= 15 is 0 Å². The van der Waals surface area contributed by atoms with Crippen LogP contribution in [0.2, 0.25) is 0 Å². The number of fused-ring (bicyclic) bond motifs is 2. The van der Waals surface area contributed by atoms with Crippen LogP contribution >= 0.6 is 0 Å². The molecule has 3 aliphatic rings. The van der Waals surface area contributed by atoms with E-state index in [1.165, 1.54) is 0 Å². The Hall–Kier alpha value is -5.52. The predicted octanol–water partition coefficient (Wildman–Crippen LogP) is 7.05. The van der Waals surface area contributed by atoms with Crippen LogP contribution in [0, 0.1) is 11.8 Å². The molecule has 3 fully saturated rings. The first kappa shape index (κ1) is 37.4. The van der Waals surface area contributed by atoms with E-state index in [-0.39, 0.29) is 54.2 Å². The zero-order valence-electron chi connectivity index (χ0n) is 32.1. The van der Waals surface area contributed by atoms with Crippen LogP contribution in [-0.2, 0) is 16.1 Å². The molecule has 0 radical (unpaired) electrons. The van der Waals surface area contributed by atoms with Gasteiger partial charge in [0.25, 0.3) is 0 Å². The molecule has 2 aromatic heterocycles. The topological polar surface area (TPSA) is 145 Å². The molecule has 56 heavy (non-hydrogen) atoms. The number of carbonyl (C=O) groups is 3. The number of likely N-dealkylation sites (tertiary alicyclic amines) is 1. The number of benzene rings is 3. The highest BCUT2D eigenvalue weighted by Crippen LogP contribution is 2.35. The van der Waals surface area contributed by atoms with Crippen LogP contribution in [0.3, 0.4) is 0 Å². The Morgan fingerprint density at radius 1 is 0.875 bits per heavy atom. The van der Waals surface area contributed by atoms with Crippen LogP contribution in [0.1, 0.15) is 81.4 Å². The molecule has 2 aliphatic carbocycles. The summed E-state index contributed by atoms with van der Waals surface area (Å²) in [6.45, 7) is 4.38. The molecule has 12 heteroatoms. The third kappa shape index (κ3) is 8.34. The molecule has 0 unspecified atom stereocenters. The van der Waals surface area contributed by atoms with Crippen molar-refractivity contribution in [3.8, 4) is 0 Å². The van der Waals surface area contributed by atoms with E-state index in [0.29, 0.717) is 44.9 Å². The number of aromatic nitrogens is 3. The Bertz CT molecular complexity index is 2200. The number of nitrogens with one attached hydrogen (secondary N) is 4. The summed E-state index contributed by atoms with van der Waals surface area (Å²) >= 11 is 0. The number of amides is 4. The lowest BCUT2D eigenvalue weighted by molar-refractivity contribution is -0.123. The molecular weight excluding hydrogens is 707 g/mol. The molecule has 1 saturated heterocycles. The second-order valence-electron chi connectivity index (χ2n) is 16.1. The number of nitrogens with zero attached hydrogens (tertiary/aromatic N) is 3. The van der Waals surface area contributed by atoms with Gasteiger partial charge < -0.3 is 35.1 Å². The van der Waals surface area contributed by atoms with E-state index in [0.717, 1.165) is 71.6 Å². The molecule has 294 valence electrons. The Balaban J connectivity index is 0.902. The SMILES string of the molecule is C[C@@H](c1c[nH]c2ccccc12)[C@@H](NC(=O)N1CCC(n2c(=O)[nH]c3ccccc32)CC1)C(=O)NC[C@@H]1CCC[C@H](CN(C(=O)OCc2ccccc2)C2CC2)C1. The average Bonchev–Trinajstić information content (AvgIpc) is 3.89. The van der Waals surface area contributed by atoms with Crippen LogP contribution in [0.15, 0.2) is 89.9 Å². The summed E-state index contributed by atoms with van der Waals surface area (Å²) in [5, 5.41) is 7.40. The zero-order chi connectivity index (χ0) is 38.6. The summed E-state index contributed by atoms with van der Waals surface area (Å²) in [5.74, 6) is 0.0816. The minimum Gasteiger partial charge on any atom is -0.445 e. The van der Waals surface area contributed by atoms with Gasteiger partial charge >= 0.3 is 17.8 Å². The van der Waals surface area contributed by atoms with E-state index < -0.39 is 6.04 Å². The number of para-hydroxylation sites is 3. The maximum atomic E-state index is 14.2. The van der Waals surface area contributed by atoms with Crippen molar-refractivity contribution < 1.29 is 19.1 Å². The molecule has 8 rings (SSSR count). The molecule has 4 atom stereocenters. The summed E-state index contributed by atoms with van der Waals surface area (Å²) in [5.41, 5.74) is 4.46. The fraction of sp³-hybridized carbons (Fsp3) is 0.455. The van der Waals surface area contributed by atoms with Gasteiger partial charge in [0.05, 0.1) is 11.0 Å². The molecule has 4 amide bonds. The van der Waals surface area contributed by atoms with Gasteiger partial charge in [0.15, 0.2) is 0 Å². The minimum atomic E-state index is -0.806. The van der Waals surface area contributed by atoms with Gasteiger partial charge in [-0.05, 0) is 86.1 Å². The smallest absolute Gasteiger partial charge is 0.410 e. The molecule has 0 spiro atoms.